The maximum Gasteiger partial charge on any atom is 0.335 e. The van der Waals surface area contributed by atoms with Crippen molar-refractivity contribution in [1.29, 1.82) is 0 Å². The van der Waals surface area contributed by atoms with Crippen LogP contribution in [0.3, 0.4) is 0 Å². The van der Waals surface area contributed by atoms with Crippen molar-refractivity contribution < 1.29 is 24.2 Å². The lowest BCUT2D eigenvalue weighted by atomic mass is 9.83. The number of ether oxygens (including phenoxy) is 2. The Labute approximate surface area is 105 Å². The van der Waals surface area contributed by atoms with E-state index >= 15 is 0 Å². The van der Waals surface area contributed by atoms with Crippen LogP contribution in [-0.2, 0) is 14.9 Å². The molecular weight excluding hydrogens is 236 g/mol. The van der Waals surface area contributed by atoms with Crippen molar-refractivity contribution >= 4 is 11.9 Å². The molecule has 1 aromatic rings. The van der Waals surface area contributed by atoms with E-state index in [-0.39, 0.29) is 5.56 Å². The van der Waals surface area contributed by atoms with E-state index in [1.54, 1.807) is 19.9 Å². The maximum absolute atomic E-state index is 11.7. The van der Waals surface area contributed by atoms with Crippen LogP contribution < -0.4 is 4.74 Å². The fraction of sp³-hybridized carbons (Fsp3) is 0.385. The summed E-state index contributed by atoms with van der Waals surface area (Å²) in [6, 6.07) is 4.40. The van der Waals surface area contributed by atoms with E-state index in [1.807, 2.05) is 0 Å². The predicted molar refractivity (Wildman–Crippen MR) is 65.0 cm³/mol. The molecule has 0 radical (unpaired) electrons. The second kappa shape index (κ2) is 5.08. The van der Waals surface area contributed by atoms with Crippen molar-refractivity contribution in [2.45, 2.75) is 19.3 Å². The largest absolute Gasteiger partial charge is 0.496 e. The molecular formula is C13H16O5. The Kier molecular flexibility index (Phi) is 3.96. The third kappa shape index (κ3) is 2.45. The smallest absolute Gasteiger partial charge is 0.335 e. The summed E-state index contributed by atoms with van der Waals surface area (Å²) in [6.45, 7) is 3.38. The minimum absolute atomic E-state index is 0.108. The topological polar surface area (TPSA) is 72.8 Å². The van der Waals surface area contributed by atoms with Gasteiger partial charge in [-0.3, -0.25) is 4.79 Å². The van der Waals surface area contributed by atoms with Gasteiger partial charge >= 0.3 is 11.9 Å². The van der Waals surface area contributed by atoms with Crippen LogP contribution in [0.1, 0.15) is 29.8 Å². The molecule has 5 nitrogen and oxygen atoms in total. The molecule has 0 aliphatic rings. The van der Waals surface area contributed by atoms with Gasteiger partial charge in [0.05, 0.1) is 25.2 Å². The van der Waals surface area contributed by atoms with Crippen molar-refractivity contribution in [2.24, 2.45) is 0 Å². The van der Waals surface area contributed by atoms with Gasteiger partial charge in [-0.05, 0) is 26.0 Å². The first-order valence-corrected chi connectivity index (χ1v) is 5.34. The second-order valence-electron chi connectivity index (χ2n) is 4.34. The van der Waals surface area contributed by atoms with Gasteiger partial charge in [0.15, 0.2) is 0 Å². The van der Waals surface area contributed by atoms with Gasteiger partial charge in [0.1, 0.15) is 5.75 Å². The van der Waals surface area contributed by atoms with Gasteiger partial charge in [-0.2, -0.15) is 0 Å². The summed E-state index contributed by atoms with van der Waals surface area (Å²) in [5.74, 6) is -1.11. The highest BCUT2D eigenvalue weighted by atomic mass is 16.5. The molecule has 1 rings (SSSR count). The van der Waals surface area contributed by atoms with E-state index in [4.69, 9.17) is 14.6 Å². The lowest BCUT2D eigenvalue weighted by Gasteiger charge is -2.24. The number of esters is 1. The third-order valence-electron chi connectivity index (χ3n) is 2.82. The maximum atomic E-state index is 11.7. The number of hydrogen-bond donors (Lipinski definition) is 1. The quantitative estimate of drug-likeness (QED) is 0.828. The summed E-state index contributed by atoms with van der Waals surface area (Å²) < 4.78 is 9.88. The predicted octanol–water partition coefficient (Wildman–Crippen LogP) is 1.84. The monoisotopic (exact) mass is 252 g/mol. The average Bonchev–Trinajstić information content (AvgIpc) is 2.36. The molecule has 5 heteroatoms. The first-order chi connectivity index (χ1) is 8.34. The molecule has 0 heterocycles. The molecule has 0 unspecified atom stereocenters. The summed E-state index contributed by atoms with van der Waals surface area (Å²) in [6.07, 6.45) is 0. The van der Waals surface area contributed by atoms with E-state index in [0.717, 1.165) is 0 Å². The molecule has 0 aliphatic carbocycles. The van der Waals surface area contributed by atoms with Crippen molar-refractivity contribution in [3.05, 3.63) is 29.3 Å². The van der Waals surface area contributed by atoms with Crippen LogP contribution in [0.25, 0.3) is 0 Å². The third-order valence-corrected chi connectivity index (χ3v) is 2.82. The van der Waals surface area contributed by atoms with Gasteiger partial charge in [-0.15, -0.1) is 0 Å². The Balaban J connectivity index is 3.33. The second-order valence-corrected chi connectivity index (χ2v) is 4.34. The fourth-order valence-corrected chi connectivity index (χ4v) is 1.71. The molecule has 0 amide bonds. The number of methoxy groups -OCH3 is 2. The Hall–Kier alpha value is -2.04. The highest BCUT2D eigenvalue weighted by Crippen LogP contribution is 2.33. The Morgan fingerprint density at radius 1 is 1.22 bits per heavy atom. The lowest BCUT2D eigenvalue weighted by molar-refractivity contribution is -0.146. The Bertz CT molecular complexity index is 476. The number of carbonyl (C=O) groups excluding carboxylic acids is 1. The SMILES string of the molecule is COC(=O)C(C)(C)c1ccc(C(=O)O)cc1OC. The van der Waals surface area contributed by atoms with E-state index in [0.29, 0.717) is 11.3 Å². The number of carboxylic acid groups (broad SMARTS) is 1. The van der Waals surface area contributed by atoms with Crippen LogP contribution in [0.2, 0.25) is 0 Å². The zero-order valence-electron chi connectivity index (χ0n) is 10.8. The number of carboxylic acids is 1. The number of aromatic carboxylic acids is 1. The molecule has 0 bridgehead atoms. The van der Waals surface area contributed by atoms with E-state index < -0.39 is 17.4 Å². The molecule has 0 atom stereocenters. The van der Waals surface area contributed by atoms with E-state index in [9.17, 15) is 9.59 Å². The number of hydrogen-bond acceptors (Lipinski definition) is 4. The van der Waals surface area contributed by atoms with Gasteiger partial charge in [0.2, 0.25) is 0 Å². The van der Waals surface area contributed by atoms with Gasteiger partial charge in [0, 0.05) is 5.56 Å². The Morgan fingerprint density at radius 3 is 2.28 bits per heavy atom. The van der Waals surface area contributed by atoms with Crippen molar-refractivity contribution in [2.75, 3.05) is 14.2 Å². The standard InChI is InChI=1S/C13H16O5/c1-13(2,12(16)18-4)9-6-5-8(11(14)15)7-10(9)17-3/h5-7H,1-4H3,(H,14,15). The summed E-state index contributed by atoms with van der Waals surface area (Å²) in [7, 11) is 2.74. The molecule has 0 spiro atoms. The Morgan fingerprint density at radius 2 is 1.83 bits per heavy atom. The molecule has 18 heavy (non-hydrogen) atoms. The van der Waals surface area contributed by atoms with Crippen LogP contribution in [0.5, 0.6) is 5.75 Å². The summed E-state index contributed by atoms with van der Waals surface area (Å²) in [4.78, 5) is 22.6. The van der Waals surface area contributed by atoms with E-state index in [1.165, 1.54) is 26.4 Å². The van der Waals surface area contributed by atoms with Crippen molar-refractivity contribution in [1.82, 2.24) is 0 Å². The highest BCUT2D eigenvalue weighted by Gasteiger charge is 2.34. The molecule has 0 aromatic heterocycles. The van der Waals surface area contributed by atoms with Crippen LogP contribution in [0, 0.1) is 0 Å². The molecule has 0 saturated heterocycles. The molecule has 98 valence electrons. The summed E-state index contributed by atoms with van der Waals surface area (Å²) >= 11 is 0. The van der Waals surface area contributed by atoms with Gasteiger partial charge in [0.25, 0.3) is 0 Å². The highest BCUT2D eigenvalue weighted by molar-refractivity contribution is 5.89. The van der Waals surface area contributed by atoms with Crippen LogP contribution in [-0.4, -0.2) is 31.3 Å². The first-order valence-electron chi connectivity index (χ1n) is 5.34. The number of carbonyl (C=O) groups is 2. The molecule has 0 aliphatic heterocycles. The first kappa shape index (κ1) is 14.0. The fourth-order valence-electron chi connectivity index (χ4n) is 1.71. The van der Waals surface area contributed by atoms with Gasteiger partial charge in [-0.1, -0.05) is 6.07 Å². The molecule has 0 fully saturated rings. The minimum atomic E-state index is -1.05. The summed E-state index contributed by atoms with van der Waals surface area (Å²) in [5, 5.41) is 8.91. The normalized spacial score (nSPS) is 10.9. The van der Waals surface area contributed by atoms with Gasteiger partial charge < -0.3 is 14.6 Å². The minimum Gasteiger partial charge on any atom is -0.496 e. The van der Waals surface area contributed by atoms with Crippen LogP contribution in [0.4, 0.5) is 0 Å². The molecule has 1 N–H and O–H groups in total. The average molecular weight is 252 g/mol. The molecule has 1 aromatic carbocycles. The number of benzene rings is 1. The molecule has 0 saturated carbocycles. The zero-order chi connectivity index (χ0) is 13.9. The zero-order valence-corrected chi connectivity index (χ0v) is 10.8. The van der Waals surface area contributed by atoms with Crippen molar-refractivity contribution in [3.63, 3.8) is 0 Å². The van der Waals surface area contributed by atoms with Crippen LogP contribution >= 0.6 is 0 Å². The summed E-state index contributed by atoms with van der Waals surface area (Å²) in [5.41, 5.74) is -0.213. The van der Waals surface area contributed by atoms with Gasteiger partial charge in [-0.25, -0.2) is 4.79 Å². The van der Waals surface area contributed by atoms with Crippen molar-refractivity contribution in [3.8, 4) is 5.75 Å². The van der Waals surface area contributed by atoms with E-state index in [2.05, 4.69) is 0 Å². The number of rotatable bonds is 4. The van der Waals surface area contributed by atoms with Crippen LogP contribution in [0.15, 0.2) is 18.2 Å². The lowest BCUT2D eigenvalue weighted by Crippen LogP contribution is -2.30.